The van der Waals surface area contributed by atoms with Crippen molar-refractivity contribution in [1.82, 2.24) is 10.2 Å². The molecule has 1 aliphatic heterocycles. The van der Waals surface area contributed by atoms with E-state index in [4.69, 9.17) is 4.74 Å². The highest BCUT2D eigenvalue weighted by atomic mass is 16.5. The second-order valence-corrected chi connectivity index (χ2v) is 6.41. The van der Waals surface area contributed by atoms with Crippen LogP contribution in [0.15, 0.2) is 24.3 Å². The fourth-order valence-electron chi connectivity index (χ4n) is 2.21. The number of morpholine rings is 1. The summed E-state index contributed by atoms with van der Waals surface area (Å²) in [6, 6.07) is 7.82. The minimum atomic E-state index is -0.236. The third kappa shape index (κ3) is 5.73. The lowest BCUT2D eigenvalue weighted by Crippen LogP contribution is -2.43. The number of amides is 2. The molecule has 1 saturated heterocycles. The van der Waals surface area contributed by atoms with Crippen molar-refractivity contribution in [3.8, 4) is 0 Å². The molecule has 0 saturated carbocycles. The Balaban J connectivity index is 1.85. The SMILES string of the molecule is CC(C)(C)NC(=O)Nc1ccc(CN2CCOCC2)cc1. The van der Waals surface area contributed by atoms with Crippen molar-refractivity contribution < 1.29 is 9.53 Å². The summed E-state index contributed by atoms with van der Waals surface area (Å²) in [7, 11) is 0. The highest BCUT2D eigenvalue weighted by Crippen LogP contribution is 2.12. The molecule has 0 aromatic heterocycles. The zero-order valence-electron chi connectivity index (χ0n) is 13.1. The summed E-state index contributed by atoms with van der Waals surface area (Å²) in [5.41, 5.74) is 1.82. The molecule has 5 heteroatoms. The average molecular weight is 291 g/mol. The molecule has 1 aromatic rings. The first-order chi connectivity index (χ1) is 9.92. The number of ether oxygens (including phenoxy) is 1. The minimum absolute atomic E-state index is 0.177. The highest BCUT2D eigenvalue weighted by molar-refractivity contribution is 5.89. The van der Waals surface area contributed by atoms with E-state index in [9.17, 15) is 4.79 Å². The van der Waals surface area contributed by atoms with Crippen LogP contribution in [0, 0.1) is 0 Å². The Kier molecular flexibility index (Phi) is 5.20. The molecular formula is C16H25N3O2. The molecule has 2 amide bonds. The zero-order chi connectivity index (χ0) is 15.3. The molecule has 0 aliphatic carbocycles. The predicted octanol–water partition coefficient (Wildman–Crippen LogP) is 2.44. The van der Waals surface area contributed by atoms with Gasteiger partial charge >= 0.3 is 6.03 Å². The van der Waals surface area contributed by atoms with E-state index in [-0.39, 0.29) is 11.6 Å². The molecule has 2 rings (SSSR count). The van der Waals surface area contributed by atoms with Gasteiger partial charge in [-0.25, -0.2) is 4.79 Å². The molecule has 0 bridgehead atoms. The van der Waals surface area contributed by atoms with E-state index in [1.165, 1.54) is 5.56 Å². The van der Waals surface area contributed by atoms with Crippen LogP contribution in [-0.4, -0.2) is 42.8 Å². The maximum atomic E-state index is 11.8. The number of anilines is 1. The maximum absolute atomic E-state index is 11.8. The topological polar surface area (TPSA) is 53.6 Å². The summed E-state index contributed by atoms with van der Waals surface area (Å²) >= 11 is 0. The molecular weight excluding hydrogens is 266 g/mol. The van der Waals surface area contributed by atoms with E-state index >= 15 is 0 Å². The largest absolute Gasteiger partial charge is 0.379 e. The van der Waals surface area contributed by atoms with Gasteiger partial charge in [0.2, 0.25) is 0 Å². The normalized spacial score (nSPS) is 16.5. The molecule has 0 radical (unpaired) electrons. The third-order valence-corrected chi connectivity index (χ3v) is 3.21. The summed E-state index contributed by atoms with van der Waals surface area (Å²) in [6.45, 7) is 10.4. The van der Waals surface area contributed by atoms with Crippen molar-refractivity contribution in [2.75, 3.05) is 31.6 Å². The van der Waals surface area contributed by atoms with Crippen molar-refractivity contribution in [1.29, 1.82) is 0 Å². The average Bonchev–Trinajstić information content (AvgIpc) is 2.40. The molecule has 1 heterocycles. The van der Waals surface area contributed by atoms with E-state index in [1.54, 1.807) is 0 Å². The summed E-state index contributed by atoms with van der Waals surface area (Å²) in [5, 5.41) is 5.72. The van der Waals surface area contributed by atoms with Gasteiger partial charge in [0, 0.05) is 30.9 Å². The molecule has 1 aliphatic rings. The van der Waals surface area contributed by atoms with Crippen LogP contribution in [0.1, 0.15) is 26.3 Å². The molecule has 116 valence electrons. The molecule has 1 fully saturated rings. The zero-order valence-corrected chi connectivity index (χ0v) is 13.1. The summed E-state index contributed by atoms with van der Waals surface area (Å²) in [5.74, 6) is 0. The Morgan fingerprint density at radius 1 is 1.19 bits per heavy atom. The second-order valence-electron chi connectivity index (χ2n) is 6.41. The summed E-state index contributed by atoms with van der Waals surface area (Å²) < 4.78 is 5.34. The van der Waals surface area contributed by atoms with Crippen LogP contribution < -0.4 is 10.6 Å². The fourth-order valence-corrected chi connectivity index (χ4v) is 2.21. The number of carbonyl (C=O) groups excluding carboxylic acids is 1. The van der Waals surface area contributed by atoms with Gasteiger partial charge in [0.25, 0.3) is 0 Å². The predicted molar refractivity (Wildman–Crippen MR) is 84.4 cm³/mol. The lowest BCUT2D eigenvalue weighted by Gasteiger charge is -2.26. The molecule has 21 heavy (non-hydrogen) atoms. The highest BCUT2D eigenvalue weighted by Gasteiger charge is 2.14. The molecule has 0 atom stereocenters. The van der Waals surface area contributed by atoms with Crippen molar-refractivity contribution in [3.63, 3.8) is 0 Å². The van der Waals surface area contributed by atoms with Crippen LogP contribution in [0.3, 0.4) is 0 Å². The number of nitrogens with one attached hydrogen (secondary N) is 2. The van der Waals surface area contributed by atoms with Gasteiger partial charge in [0.05, 0.1) is 13.2 Å². The number of hydrogen-bond donors (Lipinski definition) is 2. The smallest absolute Gasteiger partial charge is 0.319 e. The first kappa shape index (κ1) is 15.8. The number of benzene rings is 1. The van der Waals surface area contributed by atoms with Gasteiger partial charge in [0.1, 0.15) is 0 Å². The number of urea groups is 1. The lowest BCUT2D eigenvalue weighted by atomic mass is 10.1. The number of rotatable bonds is 3. The number of hydrogen-bond acceptors (Lipinski definition) is 3. The van der Waals surface area contributed by atoms with Crippen molar-refractivity contribution in [2.24, 2.45) is 0 Å². The van der Waals surface area contributed by atoms with E-state index in [0.717, 1.165) is 38.5 Å². The van der Waals surface area contributed by atoms with E-state index in [0.29, 0.717) is 0 Å². The van der Waals surface area contributed by atoms with Crippen LogP contribution in [0.2, 0.25) is 0 Å². The first-order valence-corrected chi connectivity index (χ1v) is 7.41. The Labute approximate surface area is 126 Å². The Morgan fingerprint density at radius 3 is 2.38 bits per heavy atom. The standard InChI is InChI=1S/C16H25N3O2/c1-16(2,3)18-15(20)17-14-6-4-13(5-7-14)12-19-8-10-21-11-9-19/h4-7H,8-12H2,1-3H3,(H2,17,18,20). The van der Waals surface area contributed by atoms with Crippen LogP contribution >= 0.6 is 0 Å². The van der Waals surface area contributed by atoms with Gasteiger partial charge in [-0.15, -0.1) is 0 Å². The first-order valence-electron chi connectivity index (χ1n) is 7.41. The minimum Gasteiger partial charge on any atom is -0.379 e. The Hall–Kier alpha value is -1.59. The third-order valence-electron chi connectivity index (χ3n) is 3.21. The van der Waals surface area contributed by atoms with Crippen LogP contribution in [0.25, 0.3) is 0 Å². The molecule has 0 unspecified atom stereocenters. The number of nitrogens with zero attached hydrogens (tertiary/aromatic N) is 1. The Bertz CT molecular complexity index is 459. The van der Waals surface area contributed by atoms with Gasteiger partial charge < -0.3 is 15.4 Å². The number of carbonyl (C=O) groups is 1. The van der Waals surface area contributed by atoms with E-state index in [1.807, 2.05) is 32.9 Å². The van der Waals surface area contributed by atoms with Gasteiger partial charge in [-0.3, -0.25) is 4.90 Å². The van der Waals surface area contributed by atoms with Gasteiger partial charge in [-0.2, -0.15) is 0 Å². The van der Waals surface area contributed by atoms with Gasteiger partial charge in [-0.05, 0) is 38.5 Å². The lowest BCUT2D eigenvalue weighted by molar-refractivity contribution is 0.0342. The van der Waals surface area contributed by atoms with Crippen molar-refractivity contribution in [2.45, 2.75) is 32.9 Å². The fraction of sp³-hybridized carbons (Fsp3) is 0.562. The monoisotopic (exact) mass is 291 g/mol. The van der Waals surface area contributed by atoms with Crippen molar-refractivity contribution >= 4 is 11.7 Å². The van der Waals surface area contributed by atoms with Gasteiger partial charge in [-0.1, -0.05) is 12.1 Å². The van der Waals surface area contributed by atoms with Crippen molar-refractivity contribution in [3.05, 3.63) is 29.8 Å². The van der Waals surface area contributed by atoms with E-state index in [2.05, 4.69) is 27.7 Å². The summed E-state index contributed by atoms with van der Waals surface area (Å²) in [4.78, 5) is 14.2. The van der Waals surface area contributed by atoms with Crippen LogP contribution in [-0.2, 0) is 11.3 Å². The molecule has 5 nitrogen and oxygen atoms in total. The maximum Gasteiger partial charge on any atom is 0.319 e. The molecule has 1 aromatic carbocycles. The van der Waals surface area contributed by atoms with Gasteiger partial charge in [0.15, 0.2) is 0 Å². The van der Waals surface area contributed by atoms with Crippen LogP contribution in [0.5, 0.6) is 0 Å². The van der Waals surface area contributed by atoms with Crippen LogP contribution in [0.4, 0.5) is 10.5 Å². The molecule has 2 N–H and O–H groups in total. The Morgan fingerprint density at radius 2 is 1.81 bits per heavy atom. The summed E-state index contributed by atoms with van der Waals surface area (Å²) in [6.07, 6.45) is 0. The van der Waals surface area contributed by atoms with E-state index < -0.39 is 0 Å². The second kappa shape index (κ2) is 6.91. The quantitative estimate of drug-likeness (QED) is 0.899. The molecule has 0 spiro atoms.